The average molecular weight is 443 g/mol. The van der Waals surface area contributed by atoms with Gasteiger partial charge in [-0.25, -0.2) is 4.98 Å². The molecule has 1 saturated carbocycles. The Morgan fingerprint density at radius 3 is 2.70 bits per heavy atom. The monoisotopic (exact) mass is 442 g/mol. The minimum atomic E-state index is -0.566. The van der Waals surface area contributed by atoms with Crippen molar-refractivity contribution >= 4 is 44.8 Å². The number of hydrogen-bond donors (Lipinski definition) is 1. The SMILES string of the molecule is O=C(COC(=O)C1(Cc2nc3ccccc3s2)CCCCC1)NCCc1cccs1. The number of para-hydroxylation sites is 1. The van der Waals surface area contributed by atoms with Gasteiger partial charge in [-0.05, 0) is 42.8 Å². The molecule has 158 valence electrons. The molecule has 1 aromatic carbocycles. The normalized spacial score (nSPS) is 15.7. The molecule has 2 heterocycles. The van der Waals surface area contributed by atoms with Crippen LogP contribution in [0.2, 0.25) is 0 Å². The lowest BCUT2D eigenvalue weighted by Gasteiger charge is -2.34. The Balaban J connectivity index is 1.35. The van der Waals surface area contributed by atoms with Crippen LogP contribution in [0.25, 0.3) is 10.2 Å². The Bertz CT molecular complexity index is 958. The summed E-state index contributed by atoms with van der Waals surface area (Å²) in [7, 11) is 0. The van der Waals surface area contributed by atoms with Gasteiger partial charge in [-0.15, -0.1) is 22.7 Å². The van der Waals surface area contributed by atoms with Crippen LogP contribution in [0.4, 0.5) is 0 Å². The summed E-state index contributed by atoms with van der Waals surface area (Å²) in [5, 5.41) is 5.83. The van der Waals surface area contributed by atoms with Crippen LogP contribution >= 0.6 is 22.7 Å². The molecule has 1 aliphatic rings. The number of thiophene rings is 1. The highest BCUT2D eigenvalue weighted by atomic mass is 32.1. The number of rotatable bonds is 8. The van der Waals surface area contributed by atoms with Gasteiger partial charge in [0.25, 0.3) is 5.91 Å². The van der Waals surface area contributed by atoms with Crippen molar-refractivity contribution in [3.63, 3.8) is 0 Å². The van der Waals surface area contributed by atoms with E-state index < -0.39 is 5.41 Å². The maximum absolute atomic E-state index is 13.1. The maximum atomic E-state index is 13.1. The molecule has 0 radical (unpaired) electrons. The van der Waals surface area contributed by atoms with E-state index in [0.29, 0.717) is 13.0 Å². The van der Waals surface area contributed by atoms with Gasteiger partial charge in [-0.2, -0.15) is 0 Å². The van der Waals surface area contributed by atoms with E-state index in [2.05, 4.69) is 11.4 Å². The third-order valence-electron chi connectivity index (χ3n) is 5.68. The summed E-state index contributed by atoms with van der Waals surface area (Å²) in [4.78, 5) is 31.2. The van der Waals surface area contributed by atoms with Crippen molar-refractivity contribution in [2.45, 2.75) is 44.9 Å². The fourth-order valence-corrected chi connectivity index (χ4v) is 5.90. The Hall–Kier alpha value is -2.25. The number of aromatic nitrogens is 1. The van der Waals surface area contributed by atoms with Crippen molar-refractivity contribution in [1.82, 2.24) is 10.3 Å². The van der Waals surface area contributed by atoms with E-state index in [1.807, 2.05) is 35.7 Å². The van der Waals surface area contributed by atoms with Crippen LogP contribution in [-0.4, -0.2) is 30.0 Å². The summed E-state index contributed by atoms with van der Waals surface area (Å²) in [5.41, 5.74) is 0.408. The summed E-state index contributed by atoms with van der Waals surface area (Å²) >= 11 is 3.32. The number of esters is 1. The van der Waals surface area contributed by atoms with Gasteiger partial charge in [0.05, 0.1) is 20.6 Å². The predicted molar refractivity (Wildman–Crippen MR) is 121 cm³/mol. The third kappa shape index (κ3) is 5.08. The van der Waals surface area contributed by atoms with Crippen LogP contribution in [0.15, 0.2) is 41.8 Å². The lowest BCUT2D eigenvalue weighted by Crippen LogP contribution is -2.39. The molecule has 1 amide bonds. The average Bonchev–Trinajstić information content (AvgIpc) is 3.41. The van der Waals surface area contributed by atoms with Crippen LogP contribution < -0.4 is 5.32 Å². The first kappa shape index (κ1) is 21.0. The van der Waals surface area contributed by atoms with Crippen molar-refractivity contribution in [2.24, 2.45) is 5.41 Å². The van der Waals surface area contributed by atoms with E-state index in [0.717, 1.165) is 53.7 Å². The number of hydrogen-bond acceptors (Lipinski definition) is 6. The van der Waals surface area contributed by atoms with E-state index >= 15 is 0 Å². The predicted octanol–water partition coefficient (Wildman–Crippen LogP) is 4.75. The number of nitrogens with zero attached hydrogens (tertiary/aromatic N) is 1. The first-order valence-corrected chi connectivity index (χ1v) is 12.2. The molecule has 4 rings (SSSR count). The number of carbonyl (C=O) groups excluding carboxylic acids is 2. The first-order valence-electron chi connectivity index (χ1n) is 10.5. The Kier molecular flexibility index (Phi) is 6.79. The summed E-state index contributed by atoms with van der Waals surface area (Å²) in [6.07, 6.45) is 6.12. The van der Waals surface area contributed by atoms with Crippen LogP contribution in [0, 0.1) is 5.41 Å². The number of nitrogens with one attached hydrogen (secondary N) is 1. The molecule has 30 heavy (non-hydrogen) atoms. The van der Waals surface area contributed by atoms with E-state index in [1.165, 1.54) is 4.88 Å². The Labute approximate surface area is 184 Å². The number of thiazole rings is 1. The third-order valence-corrected chi connectivity index (χ3v) is 7.65. The highest BCUT2D eigenvalue weighted by Crippen LogP contribution is 2.41. The maximum Gasteiger partial charge on any atom is 0.313 e. The second-order valence-electron chi connectivity index (χ2n) is 7.85. The molecule has 0 spiro atoms. The molecule has 0 saturated heterocycles. The second kappa shape index (κ2) is 9.71. The standard InChI is InChI=1S/C23H26N2O3S2/c26-20(24-13-10-17-7-6-14-29-17)16-28-22(27)23(11-4-1-5-12-23)15-21-25-18-8-2-3-9-19(18)30-21/h2-3,6-9,14H,1,4-5,10-13,15-16H2,(H,24,26). The Morgan fingerprint density at radius 2 is 1.93 bits per heavy atom. The van der Waals surface area contributed by atoms with E-state index in [1.54, 1.807) is 22.7 Å². The largest absolute Gasteiger partial charge is 0.455 e. The zero-order valence-corrected chi connectivity index (χ0v) is 18.5. The molecule has 0 bridgehead atoms. The van der Waals surface area contributed by atoms with E-state index in [4.69, 9.17) is 9.72 Å². The molecule has 1 aliphatic carbocycles. The minimum absolute atomic E-state index is 0.217. The fourth-order valence-electron chi connectivity index (χ4n) is 4.08. The molecular formula is C23H26N2O3S2. The van der Waals surface area contributed by atoms with Gasteiger partial charge < -0.3 is 10.1 Å². The molecule has 0 aliphatic heterocycles. The van der Waals surface area contributed by atoms with Crippen LogP contribution in [0.5, 0.6) is 0 Å². The number of benzene rings is 1. The van der Waals surface area contributed by atoms with Crippen molar-refractivity contribution < 1.29 is 14.3 Å². The molecule has 1 N–H and O–H groups in total. The van der Waals surface area contributed by atoms with E-state index in [-0.39, 0.29) is 18.5 Å². The quantitative estimate of drug-likeness (QED) is 0.511. The molecule has 1 fully saturated rings. The first-order chi connectivity index (χ1) is 14.6. The van der Waals surface area contributed by atoms with Gasteiger partial charge in [-0.3, -0.25) is 9.59 Å². The molecule has 0 atom stereocenters. The van der Waals surface area contributed by atoms with E-state index in [9.17, 15) is 9.59 Å². The van der Waals surface area contributed by atoms with Crippen molar-refractivity contribution in [3.05, 3.63) is 51.7 Å². The summed E-state index contributed by atoms with van der Waals surface area (Å²) in [6.45, 7) is 0.332. The second-order valence-corrected chi connectivity index (χ2v) is 10.00. The topological polar surface area (TPSA) is 68.3 Å². The van der Waals surface area contributed by atoms with Crippen molar-refractivity contribution in [2.75, 3.05) is 13.2 Å². The zero-order valence-electron chi connectivity index (χ0n) is 16.9. The minimum Gasteiger partial charge on any atom is -0.455 e. The zero-order chi connectivity index (χ0) is 20.8. The molecule has 2 aromatic heterocycles. The summed E-state index contributed by atoms with van der Waals surface area (Å²) in [6, 6.07) is 12.1. The molecular weight excluding hydrogens is 416 g/mol. The molecule has 3 aromatic rings. The number of carbonyl (C=O) groups is 2. The lowest BCUT2D eigenvalue weighted by molar-refractivity contribution is -0.161. The van der Waals surface area contributed by atoms with Gasteiger partial charge >= 0.3 is 5.97 Å². The van der Waals surface area contributed by atoms with Crippen LogP contribution in [0.1, 0.15) is 42.0 Å². The van der Waals surface area contributed by atoms with Crippen LogP contribution in [0.3, 0.4) is 0 Å². The smallest absolute Gasteiger partial charge is 0.313 e. The number of ether oxygens (including phenoxy) is 1. The van der Waals surface area contributed by atoms with Gasteiger partial charge in [-0.1, -0.05) is 37.5 Å². The van der Waals surface area contributed by atoms with Gasteiger partial charge in [0.1, 0.15) is 0 Å². The molecule has 7 heteroatoms. The van der Waals surface area contributed by atoms with Crippen LogP contribution in [-0.2, 0) is 27.2 Å². The number of fused-ring (bicyclic) bond motifs is 1. The number of amides is 1. The summed E-state index contributed by atoms with van der Waals surface area (Å²) in [5.74, 6) is -0.499. The van der Waals surface area contributed by atoms with Gasteiger partial charge in [0.2, 0.25) is 0 Å². The summed E-state index contributed by atoms with van der Waals surface area (Å²) < 4.78 is 6.65. The molecule has 0 unspecified atom stereocenters. The lowest BCUT2D eigenvalue weighted by atomic mass is 9.72. The fraction of sp³-hybridized carbons (Fsp3) is 0.435. The van der Waals surface area contributed by atoms with Gasteiger partial charge in [0, 0.05) is 17.8 Å². The Morgan fingerprint density at radius 1 is 1.10 bits per heavy atom. The molecule has 5 nitrogen and oxygen atoms in total. The van der Waals surface area contributed by atoms with Crippen molar-refractivity contribution in [1.29, 1.82) is 0 Å². The van der Waals surface area contributed by atoms with Gasteiger partial charge in [0.15, 0.2) is 6.61 Å². The highest BCUT2D eigenvalue weighted by Gasteiger charge is 2.42. The highest BCUT2D eigenvalue weighted by molar-refractivity contribution is 7.18. The van der Waals surface area contributed by atoms with Crippen molar-refractivity contribution in [3.8, 4) is 0 Å².